The maximum Gasteiger partial charge on any atom is 0.230 e. The van der Waals surface area contributed by atoms with E-state index < -0.39 is 0 Å². The third kappa shape index (κ3) is 4.95. The number of H-pyrrole nitrogens is 2. The molecule has 6 nitrogen and oxygen atoms in total. The molecular formula is C21H27N5OS. The van der Waals surface area contributed by atoms with Gasteiger partial charge in [-0.1, -0.05) is 55.6 Å². The molecule has 0 bridgehead atoms. The summed E-state index contributed by atoms with van der Waals surface area (Å²) in [7, 11) is 0. The summed E-state index contributed by atoms with van der Waals surface area (Å²) in [4.78, 5) is 19.9. The van der Waals surface area contributed by atoms with Crippen LogP contribution < -0.4 is 5.32 Å². The number of hydrogen-bond donors (Lipinski definition) is 3. The zero-order valence-electron chi connectivity index (χ0n) is 16.0. The first-order valence-electron chi connectivity index (χ1n) is 10.1. The van der Waals surface area contributed by atoms with Gasteiger partial charge in [-0.2, -0.15) is 0 Å². The highest BCUT2D eigenvalue weighted by Crippen LogP contribution is 2.28. The first-order chi connectivity index (χ1) is 13.8. The molecule has 0 atom stereocenters. The second kappa shape index (κ2) is 9.28. The van der Waals surface area contributed by atoms with Crippen LogP contribution in [0.25, 0.3) is 10.9 Å². The SMILES string of the molecule is O=C(CSc1n[nH]c(CCC2CCCC2)n1)NCCc1c[nH]c2ccccc12. The fourth-order valence-electron chi connectivity index (χ4n) is 3.95. The first kappa shape index (κ1) is 19.1. The maximum atomic E-state index is 12.1. The van der Waals surface area contributed by atoms with E-state index in [9.17, 15) is 4.79 Å². The summed E-state index contributed by atoms with van der Waals surface area (Å²) in [5.74, 6) is 2.15. The molecule has 1 aromatic carbocycles. The third-order valence-corrected chi connectivity index (χ3v) is 6.35. The summed E-state index contributed by atoms with van der Waals surface area (Å²) in [6.45, 7) is 0.627. The molecule has 28 heavy (non-hydrogen) atoms. The highest BCUT2D eigenvalue weighted by molar-refractivity contribution is 7.99. The van der Waals surface area contributed by atoms with E-state index in [0.29, 0.717) is 17.5 Å². The lowest BCUT2D eigenvalue weighted by Gasteiger charge is -2.05. The predicted molar refractivity (Wildman–Crippen MR) is 112 cm³/mol. The number of benzene rings is 1. The molecular weight excluding hydrogens is 370 g/mol. The molecule has 2 heterocycles. The Kier molecular flexibility index (Phi) is 6.31. The van der Waals surface area contributed by atoms with Crippen molar-refractivity contribution in [3.63, 3.8) is 0 Å². The number of amides is 1. The van der Waals surface area contributed by atoms with Crippen LogP contribution in [-0.2, 0) is 17.6 Å². The topological polar surface area (TPSA) is 86.5 Å². The molecule has 3 N–H and O–H groups in total. The zero-order chi connectivity index (χ0) is 19.2. The summed E-state index contributed by atoms with van der Waals surface area (Å²) < 4.78 is 0. The van der Waals surface area contributed by atoms with Gasteiger partial charge < -0.3 is 10.3 Å². The maximum absolute atomic E-state index is 12.1. The van der Waals surface area contributed by atoms with Gasteiger partial charge in [0.05, 0.1) is 5.75 Å². The second-order valence-corrected chi connectivity index (χ2v) is 8.44. The van der Waals surface area contributed by atoms with E-state index in [4.69, 9.17) is 0 Å². The minimum Gasteiger partial charge on any atom is -0.361 e. The van der Waals surface area contributed by atoms with Gasteiger partial charge in [-0.05, 0) is 30.4 Å². The zero-order valence-corrected chi connectivity index (χ0v) is 16.9. The number of fused-ring (bicyclic) bond motifs is 1. The molecule has 0 saturated heterocycles. The fraction of sp³-hybridized carbons (Fsp3) is 0.476. The molecule has 1 aliphatic rings. The van der Waals surface area contributed by atoms with Crippen LogP contribution >= 0.6 is 11.8 Å². The number of hydrogen-bond acceptors (Lipinski definition) is 4. The van der Waals surface area contributed by atoms with Crippen molar-refractivity contribution in [3.05, 3.63) is 41.9 Å². The highest BCUT2D eigenvalue weighted by Gasteiger charge is 2.16. The molecule has 1 aliphatic carbocycles. The highest BCUT2D eigenvalue weighted by atomic mass is 32.2. The molecule has 1 fully saturated rings. The lowest BCUT2D eigenvalue weighted by atomic mass is 10.0. The van der Waals surface area contributed by atoms with Crippen molar-refractivity contribution in [2.45, 2.75) is 50.1 Å². The van der Waals surface area contributed by atoms with Crippen LogP contribution in [0, 0.1) is 5.92 Å². The van der Waals surface area contributed by atoms with Gasteiger partial charge in [0.1, 0.15) is 5.82 Å². The third-order valence-electron chi connectivity index (χ3n) is 5.50. The molecule has 0 radical (unpaired) electrons. The Balaban J connectivity index is 1.16. The minimum atomic E-state index is 0.0159. The van der Waals surface area contributed by atoms with Crippen LogP contribution in [0.15, 0.2) is 35.6 Å². The van der Waals surface area contributed by atoms with Gasteiger partial charge in [0, 0.05) is 30.1 Å². The minimum absolute atomic E-state index is 0.0159. The molecule has 1 saturated carbocycles. The second-order valence-electron chi connectivity index (χ2n) is 7.50. The number of nitrogens with zero attached hydrogens (tertiary/aromatic N) is 2. The summed E-state index contributed by atoms with van der Waals surface area (Å²) in [5, 5.41) is 12.1. The van der Waals surface area contributed by atoms with Crippen molar-refractivity contribution in [2.24, 2.45) is 5.92 Å². The Hall–Kier alpha value is -2.28. The average molecular weight is 398 g/mol. The normalized spacial score (nSPS) is 14.7. The summed E-state index contributed by atoms with van der Waals surface area (Å²) in [6.07, 6.45) is 10.4. The molecule has 0 spiro atoms. The number of nitrogens with one attached hydrogen (secondary N) is 3. The predicted octanol–water partition coefficient (Wildman–Crippen LogP) is 3.86. The van der Waals surface area contributed by atoms with Gasteiger partial charge in [0.25, 0.3) is 0 Å². The van der Waals surface area contributed by atoms with Gasteiger partial charge in [0.15, 0.2) is 0 Å². The van der Waals surface area contributed by atoms with Crippen LogP contribution in [0.4, 0.5) is 0 Å². The van der Waals surface area contributed by atoms with Crippen LogP contribution in [-0.4, -0.2) is 38.4 Å². The van der Waals surface area contributed by atoms with E-state index >= 15 is 0 Å². The number of para-hydroxylation sites is 1. The number of carbonyl (C=O) groups is 1. The van der Waals surface area contributed by atoms with Crippen LogP contribution in [0.3, 0.4) is 0 Å². The average Bonchev–Trinajstić information content (AvgIpc) is 3.46. The Bertz CT molecular complexity index is 912. The smallest absolute Gasteiger partial charge is 0.230 e. The van der Waals surface area contributed by atoms with Crippen molar-refractivity contribution < 1.29 is 4.79 Å². The van der Waals surface area contributed by atoms with Crippen molar-refractivity contribution >= 4 is 28.6 Å². The Morgan fingerprint density at radius 2 is 2.07 bits per heavy atom. The summed E-state index contributed by atoms with van der Waals surface area (Å²) >= 11 is 1.39. The van der Waals surface area contributed by atoms with E-state index in [1.54, 1.807) is 0 Å². The van der Waals surface area contributed by atoms with E-state index in [0.717, 1.165) is 30.1 Å². The molecule has 3 aromatic rings. The molecule has 148 valence electrons. The number of aryl methyl sites for hydroxylation is 1. The van der Waals surface area contributed by atoms with Crippen LogP contribution in [0.1, 0.15) is 43.5 Å². The Labute approximate surface area is 169 Å². The van der Waals surface area contributed by atoms with Crippen molar-refractivity contribution in [3.8, 4) is 0 Å². The lowest BCUT2D eigenvalue weighted by molar-refractivity contribution is -0.118. The molecule has 2 aromatic heterocycles. The van der Waals surface area contributed by atoms with Crippen LogP contribution in [0.2, 0.25) is 0 Å². The van der Waals surface area contributed by atoms with Gasteiger partial charge in [-0.15, -0.1) is 5.10 Å². The Morgan fingerprint density at radius 1 is 1.21 bits per heavy atom. The number of aromatic nitrogens is 4. The molecule has 7 heteroatoms. The van der Waals surface area contributed by atoms with Crippen molar-refractivity contribution in [1.82, 2.24) is 25.5 Å². The summed E-state index contributed by atoms with van der Waals surface area (Å²) in [5.41, 5.74) is 2.36. The quantitative estimate of drug-likeness (QED) is 0.479. The van der Waals surface area contributed by atoms with E-state index in [1.807, 2.05) is 18.3 Å². The van der Waals surface area contributed by atoms with Gasteiger partial charge in [-0.3, -0.25) is 9.89 Å². The Morgan fingerprint density at radius 3 is 2.96 bits per heavy atom. The monoisotopic (exact) mass is 397 g/mol. The largest absolute Gasteiger partial charge is 0.361 e. The van der Waals surface area contributed by atoms with Gasteiger partial charge in [-0.25, -0.2) is 4.98 Å². The number of aromatic amines is 2. The van der Waals surface area contributed by atoms with E-state index in [-0.39, 0.29) is 5.91 Å². The van der Waals surface area contributed by atoms with Crippen LogP contribution in [0.5, 0.6) is 0 Å². The molecule has 1 amide bonds. The molecule has 4 rings (SSSR count). The molecule has 0 aliphatic heterocycles. The summed E-state index contributed by atoms with van der Waals surface area (Å²) in [6, 6.07) is 8.22. The van der Waals surface area contributed by atoms with Gasteiger partial charge in [0.2, 0.25) is 11.1 Å². The fourth-order valence-corrected chi connectivity index (χ4v) is 4.60. The number of rotatable bonds is 9. The van der Waals surface area contributed by atoms with Crippen molar-refractivity contribution in [1.29, 1.82) is 0 Å². The van der Waals surface area contributed by atoms with E-state index in [1.165, 1.54) is 54.8 Å². The van der Waals surface area contributed by atoms with Gasteiger partial charge >= 0.3 is 0 Å². The number of carbonyl (C=O) groups excluding carboxylic acids is 1. The lowest BCUT2D eigenvalue weighted by Crippen LogP contribution is -2.27. The molecule has 0 unspecified atom stereocenters. The number of thioether (sulfide) groups is 1. The first-order valence-corrected chi connectivity index (χ1v) is 11.1. The standard InChI is InChI=1S/C21H27N5OS/c27-20(22-12-11-16-13-23-18-8-4-3-7-17(16)18)14-28-21-24-19(25-26-21)10-9-15-5-1-2-6-15/h3-4,7-8,13,15,23H,1-2,5-6,9-12,14H2,(H,22,27)(H,24,25,26). The van der Waals surface area contributed by atoms with E-state index in [2.05, 4.69) is 37.6 Å². The van der Waals surface area contributed by atoms with Crippen molar-refractivity contribution in [2.75, 3.05) is 12.3 Å².